The van der Waals surface area contributed by atoms with Crippen molar-refractivity contribution < 1.29 is 19.1 Å². The number of morpholine rings is 1. The van der Waals surface area contributed by atoms with Crippen LogP contribution in [0.4, 0.5) is 0 Å². The summed E-state index contributed by atoms with van der Waals surface area (Å²) in [5.41, 5.74) is 0. The van der Waals surface area contributed by atoms with Gasteiger partial charge in [0.2, 0.25) is 5.91 Å². The van der Waals surface area contributed by atoms with E-state index in [0.717, 1.165) is 0 Å². The average molecular weight is 228 g/mol. The molecule has 0 aromatic carbocycles. The Kier molecular flexibility index (Phi) is 3.87. The van der Waals surface area contributed by atoms with Gasteiger partial charge in [0, 0.05) is 6.04 Å². The molecule has 6 heteroatoms. The summed E-state index contributed by atoms with van der Waals surface area (Å²) < 4.78 is 4.79. The predicted octanol–water partition coefficient (Wildman–Crippen LogP) is -0.669. The van der Waals surface area contributed by atoms with Crippen molar-refractivity contribution in [3.63, 3.8) is 0 Å². The molecule has 2 N–H and O–H groups in total. The molecule has 1 aliphatic rings. The Morgan fingerprint density at radius 1 is 1.50 bits per heavy atom. The molecule has 0 unspecified atom stereocenters. The quantitative estimate of drug-likeness (QED) is 0.627. The molecule has 1 saturated heterocycles. The molecule has 1 heterocycles. The van der Waals surface area contributed by atoms with Crippen molar-refractivity contribution >= 4 is 17.8 Å². The molecule has 2 amide bonds. The van der Waals surface area contributed by atoms with Crippen molar-refractivity contribution in [1.29, 1.82) is 0 Å². The lowest BCUT2D eigenvalue weighted by atomic mass is 10.1. The van der Waals surface area contributed by atoms with E-state index in [-0.39, 0.29) is 24.3 Å². The van der Waals surface area contributed by atoms with Crippen LogP contribution in [0.3, 0.4) is 0 Å². The normalized spacial score (nSPS) is 25.0. The summed E-state index contributed by atoms with van der Waals surface area (Å²) in [5, 5.41) is 5.08. The van der Waals surface area contributed by atoms with Crippen LogP contribution in [0.2, 0.25) is 0 Å². The molecule has 0 radical (unpaired) electrons. The number of carbonyl (C=O) groups excluding carboxylic acids is 3. The first-order valence-electron chi connectivity index (χ1n) is 5.20. The number of hydrogen-bond donors (Lipinski definition) is 2. The van der Waals surface area contributed by atoms with Crippen molar-refractivity contribution in [2.45, 2.75) is 45.4 Å². The predicted molar refractivity (Wildman–Crippen MR) is 55.4 cm³/mol. The Labute approximate surface area is 93.7 Å². The molecule has 6 nitrogen and oxygen atoms in total. The summed E-state index contributed by atoms with van der Waals surface area (Å²) in [4.78, 5) is 34.0. The molecule has 0 saturated carbocycles. The number of nitrogens with one attached hydrogen (secondary N) is 2. The number of rotatable bonds is 3. The maximum absolute atomic E-state index is 11.4. The number of hydrogen-bond acceptors (Lipinski definition) is 4. The van der Waals surface area contributed by atoms with E-state index in [4.69, 9.17) is 4.74 Å². The van der Waals surface area contributed by atoms with E-state index in [9.17, 15) is 14.4 Å². The zero-order chi connectivity index (χ0) is 12.3. The fourth-order valence-corrected chi connectivity index (χ4v) is 1.36. The van der Waals surface area contributed by atoms with Gasteiger partial charge in [-0.05, 0) is 20.8 Å². The van der Waals surface area contributed by atoms with Gasteiger partial charge in [-0.25, -0.2) is 4.79 Å². The Balaban J connectivity index is 2.51. The molecule has 0 aromatic rings. The maximum Gasteiger partial charge on any atom is 0.329 e. The largest absolute Gasteiger partial charge is 0.451 e. The second kappa shape index (κ2) is 4.96. The molecule has 16 heavy (non-hydrogen) atoms. The molecular weight excluding hydrogens is 212 g/mol. The summed E-state index contributed by atoms with van der Waals surface area (Å²) >= 11 is 0. The van der Waals surface area contributed by atoms with Crippen molar-refractivity contribution in [1.82, 2.24) is 10.6 Å². The molecule has 90 valence electrons. The van der Waals surface area contributed by atoms with Gasteiger partial charge in [0.15, 0.2) is 6.10 Å². The fraction of sp³-hybridized carbons (Fsp3) is 0.700. The minimum absolute atomic E-state index is 0.00161. The summed E-state index contributed by atoms with van der Waals surface area (Å²) in [6.45, 7) is 5.12. The van der Waals surface area contributed by atoms with E-state index in [0.29, 0.717) is 0 Å². The number of esters is 1. The molecule has 0 aromatic heterocycles. The third-order valence-corrected chi connectivity index (χ3v) is 2.10. The first kappa shape index (κ1) is 12.5. The van der Waals surface area contributed by atoms with Crippen molar-refractivity contribution in [2.24, 2.45) is 0 Å². The zero-order valence-corrected chi connectivity index (χ0v) is 9.57. The highest BCUT2D eigenvalue weighted by Crippen LogP contribution is 2.06. The van der Waals surface area contributed by atoms with Crippen LogP contribution in [0.5, 0.6) is 0 Å². The maximum atomic E-state index is 11.4. The van der Waals surface area contributed by atoms with Gasteiger partial charge in [-0.2, -0.15) is 0 Å². The molecule has 1 rings (SSSR count). The Morgan fingerprint density at radius 2 is 2.12 bits per heavy atom. The van der Waals surface area contributed by atoms with Gasteiger partial charge in [-0.1, -0.05) is 0 Å². The Hall–Kier alpha value is -1.59. The van der Waals surface area contributed by atoms with Crippen LogP contribution >= 0.6 is 0 Å². The van der Waals surface area contributed by atoms with Gasteiger partial charge in [0.25, 0.3) is 5.91 Å². The topological polar surface area (TPSA) is 84.5 Å². The van der Waals surface area contributed by atoms with Crippen LogP contribution < -0.4 is 10.6 Å². The first-order valence-corrected chi connectivity index (χ1v) is 5.20. The molecule has 0 aliphatic carbocycles. The summed E-state index contributed by atoms with van der Waals surface area (Å²) in [7, 11) is 0. The van der Waals surface area contributed by atoms with E-state index in [1.807, 2.05) is 13.8 Å². The SMILES string of the molecule is CC(C)NC(=O)C[C@H]1NC(=O)[C@@H](C)OC1=O. The van der Waals surface area contributed by atoms with E-state index >= 15 is 0 Å². The molecule has 0 bridgehead atoms. The van der Waals surface area contributed by atoms with Gasteiger partial charge in [-0.15, -0.1) is 0 Å². The summed E-state index contributed by atoms with van der Waals surface area (Å²) in [6, 6.07) is -0.871. The van der Waals surface area contributed by atoms with Crippen LogP contribution in [0.25, 0.3) is 0 Å². The van der Waals surface area contributed by atoms with Gasteiger partial charge < -0.3 is 15.4 Å². The molecule has 0 spiro atoms. The molecular formula is C10H16N2O4. The van der Waals surface area contributed by atoms with Crippen LogP contribution in [0.15, 0.2) is 0 Å². The van der Waals surface area contributed by atoms with Gasteiger partial charge in [-0.3, -0.25) is 9.59 Å². The van der Waals surface area contributed by atoms with Crippen LogP contribution in [0, 0.1) is 0 Å². The fourth-order valence-electron chi connectivity index (χ4n) is 1.36. The first-order chi connectivity index (χ1) is 7.40. The minimum Gasteiger partial charge on any atom is -0.451 e. The van der Waals surface area contributed by atoms with Crippen LogP contribution in [0.1, 0.15) is 27.2 Å². The zero-order valence-electron chi connectivity index (χ0n) is 9.57. The Bertz CT molecular complexity index is 314. The highest BCUT2D eigenvalue weighted by molar-refractivity contribution is 5.95. The van der Waals surface area contributed by atoms with Gasteiger partial charge in [0.1, 0.15) is 6.04 Å². The third kappa shape index (κ3) is 3.22. The Morgan fingerprint density at radius 3 is 2.69 bits per heavy atom. The molecule has 1 fully saturated rings. The smallest absolute Gasteiger partial charge is 0.329 e. The van der Waals surface area contributed by atoms with E-state index < -0.39 is 18.1 Å². The highest BCUT2D eigenvalue weighted by atomic mass is 16.6. The average Bonchev–Trinajstić information content (AvgIpc) is 2.12. The van der Waals surface area contributed by atoms with Crippen LogP contribution in [-0.4, -0.2) is 36.0 Å². The van der Waals surface area contributed by atoms with Gasteiger partial charge >= 0.3 is 5.97 Å². The number of amides is 2. The lowest BCUT2D eigenvalue weighted by Crippen LogP contribution is -2.54. The van der Waals surface area contributed by atoms with E-state index in [1.54, 1.807) is 0 Å². The lowest BCUT2D eigenvalue weighted by molar-refractivity contribution is -0.165. The van der Waals surface area contributed by atoms with Crippen LogP contribution in [-0.2, 0) is 19.1 Å². The van der Waals surface area contributed by atoms with E-state index in [1.165, 1.54) is 6.92 Å². The van der Waals surface area contributed by atoms with Crippen molar-refractivity contribution in [3.05, 3.63) is 0 Å². The second-order valence-electron chi connectivity index (χ2n) is 4.07. The summed E-state index contributed by atoms with van der Waals surface area (Å²) in [6.07, 6.45) is -0.868. The number of ether oxygens (including phenoxy) is 1. The van der Waals surface area contributed by atoms with Gasteiger partial charge in [0.05, 0.1) is 6.42 Å². The standard InChI is InChI=1S/C10H16N2O4/c1-5(2)11-8(13)4-7-10(15)16-6(3)9(14)12-7/h5-7H,4H2,1-3H3,(H,11,13)(H,12,14)/t6-,7-/m1/s1. The molecule has 1 aliphatic heterocycles. The third-order valence-electron chi connectivity index (χ3n) is 2.10. The van der Waals surface area contributed by atoms with Crippen molar-refractivity contribution in [2.75, 3.05) is 0 Å². The second-order valence-corrected chi connectivity index (χ2v) is 4.07. The lowest BCUT2D eigenvalue weighted by Gasteiger charge is -2.26. The highest BCUT2D eigenvalue weighted by Gasteiger charge is 2.34. The minimum atomic E-state index is -0.873. The van der Waals surface area contributed by atoms with Crippen molar-refractivity contribution in [3.8, 4) is 0 Å². The number of cyclic esters (lactones) is 1. The summed E-state index contributed by atoms with van der Waals surface area (Å²) in [5.74, 6) is -1.22. The monoisotopic (exact) mass is 228 g/mol. The molecule has 2 atom stereocenters. The van der Waals surface area contributed by atoms with E-state index in [2.05, 4.69) is 10.6 Å². The number of carbonyl (C=O) groups is 3.